The zero-order valence-electron chi connectivity index (χ0n) is 10.1. The van der Waals surface area contributed by atoms with E-state index in [-0.39, 0.29) is 6.10 Å². The van der Waals surface area contributed by atoms with E-state index in [1.165, 1.54) is 12.8 Å². The number of hydrogen-bond donors (Lipinski definition) is 1. The molecule has 1 aromatic rings. The second-order valence-electron chi connectivity index (χ2n) is 4.77. The minimum atomic E-state index is -0.338. The highest BCUT2D eigenvalue weighted by Crippen LogP contribution is 2.36. The molecule has 0 amide bonds. The van der Waals surface area contributed by atoms with Gasteiger partial charge in [0.1, 0.15) is 5.75 Å². The molecular formula is C14H20O2. The van der Waals surface area contributed by atoms with E-state index in [1.807, 2.05) is 25.1 Å². The molecule has 1 unspecified atom stereocenters. The lowest BCUT2D eigenvalue weighted by Crippen LogP contribution is -1.99. The van der Waals surface area contributed by atoms with Gasteiger partial charge in [-0.15, -0.1) is 0 Å². The van der Waals surface area contributed by atoms with Crippen molar-refractivity contribution in [2.24, 2.45) is 5.92 Å². The van der Waals surface area contributed by atoms with Crippen LogP contribution in [0, 0.1) is 12.8 Å². The Bertz CT molecular complexity index is 356. The molecule has 1 N–H and O–H groups in total. The molecule has 1 saturated carbocycles. The Morgan fingerprint density at radius 3 is 2.81 bits per heavy atom. The number of methoxy groups -OCH3 is 1. The van der Waals surface area contributed by atoms with Gasteiger partial charge in [-0.3, -0.25) is 0 Å². The van der Waals surface area contributed by atoms with E-state index in [2.05, 4.69) is 0 Å². The number of aryl methyl sites for hydroxylation is 1. The number of aliphatic hydroxyl groups excluding tert-OH is 1. The van der Waals surface area contributed by atoms with E-state index in [0.29, 0.717) is 0 Å². The van der Waals surface area contributed by atoms with Crippen molar-refractivity contribution in [2.45, 2.75) is 38.7 Å². The molecule has 1 aliphatic rings. The van der Waals surface area contributed by atoms with Crippen LogP contribution >= 0.6 is 0 Å². The number of aliphatic hydroxyl groups is 1. The van der Waals surface area contributed by atoms with Gasteiger partial charge in [0.05, 0.1) is 13.2 Å². The third-order valence-electron chi connectivity index (χ3n) is 3.36. The van der Waals surface area contributed by atoms with Gasteiger partial charge < -0.3 is 9.84 Å². The molecule has 1 aromatic carbocycles. The fraction of sp³-hybridized carbons (Fsp3) is 0.571. The predicted molar refractivity (Wildman–Crippen MR) is 64.6 cm³/mol. The summed E-state index contributed by atoms with van der Waals surface area (Å²) in [5, 5.41) is 10.1. The molecule has 0 spiro atoms. The van der Waals surface area contributed by atoms with E-state index in [1.54, 1.807) is 7.11 Å². The molecule has 0 radical (unpaired) electrons. The summed E-state index contributed by atoms with van der Waals surface area (Å²) >= 11 is 0. The second-order valence-corrected chi connectivity index (χ2v) is 4.77. The lowest BCUT2D eigenvalue weighted by molar-refractivity contribution is 0.162. The minimum absolute atomic E-state index is 0.338. The summed E-state index contributed by atoms with van der Waals surface area (Å²) in [7, 11) is 1.67. The summed E-state index contributed by atoms with van der Waals surface area (Å²) in [6.45, 7) is 2.01. The second kappa shape index (κ2) is 4.88. The third kappa shape index (κ3) is 2.76. The molecule has 1 fully saturated rings. The number of rotatable bonds is 5. The fourth-order valence-electron chi connectivity index (χ4n) is 2.01. The van der Waals surface area contributed by atoms with E-state index < -0.39 is 0 Å². The molecule has 0 aliphatic heterocycles. The first-order chi connectivity index (χ1) is 7.70. The Morgan fingerprint density at radius 2 is 2.19 bits per heavy atom. The first kappa shape index (κ1) is 11.5. The summed E-state index contributed by atoms with van der Waals surface area (Å²) < 4.78 is 5.26. The summed E-state index contributed by atoms with van der Waals surface area (Å²) in [4.78, 5) is 0. The molecule has 1 atom stereocenters. The SMILES string of the molecule is COc1cc(C(O)CCC2CC2)ccc1C. The van der Waals surface area contributed by atoms with E-state index >= 15 is 0 Å². The molecule has 2 nitrogen and oxygen atoms in total. The molecular weight excluding hydrogens is 200 g/mol. The summed E-state index contributed by atoms with van der Waals surface area (Å²) in [6, 6.07) is 5.96. The van der Waals surface area contributed by atoms with Crippen LogP contribution < -0.4 is 4.74 Å². The van der Waals surface area contributed by atoms with Crippen LogP contribution in [0.2, 0.25) is 0 Å². The van der Waals surface area contributed by atoms with Crippen molar-refractivity contribution in [1.82, 2.24) is 0 Å². The third-order valence-corrected chi connectivity index (χ3v) is 3.36. The Morgan fingerprint density at radius 1 is 1.44 bits per heavy atom. The maximum atomic E-state index is 10.1. The lowest BCUT2D eigenvalue weighted by atomic mass is 10.0. The molecule has 1 aliphatic carbocycles. The van der Waals surface area contributed by atoms with Gasteiger partial charge >= 0.3 is 0 Å². The number of hydrogen-bond acceptors (Lipinski definition) is 2. The van der Waals surface area contributed by atoms with Crippen LogP contribution in [-0.4, -0.2) is 12.2 Å². The maximum absolute atomic E-state index is 10.1. The van der Waals surface area contributed by atoms with Crippen LogP contribution in [0.25, 0.3) is 0 Å². The topological polar surface area (TPSA) is 29.5 Å². The van der Waals surface area contributed by atoms with Crippen LogP contribution in [0.4, 0.5) is 0 Å². The van der Waals surface area contributed by atoms with Crippen LogP contribution in [0.1, 0.15) is 42.9 Å². The van der Waals surface area contributed by atoms with Crippen molar-refractivity contribution in [1.29, 1.82) is 0 Å². The van der Waals surface area contributed by atoms with Gasteiger partial charge in [0.2, 0.25) is 0 Å². The van der Waals surface area contributed by atoms with Crippen molar-refractivity contribution in [3.63, 3.8) is 0 Å². The number of benzene rings is 1. The van der Waals surface area contributed by atoms with Gasteiger partial charge in [-0.25, -0.2) is 0 Å². The standard InChI is InChI=1S/C14H20O2/c1-10-3-7-12(9-14(10)16-2)13(15)8-6-11-4-5-11/h3,7,9,11,13,15H,4-6,8H2,1-2H3. The molecule has 2 rings (SSSR count). The minimum Gasteiger partial charge on any atom is -0.496 e. The van der Waals surface area contributed by atoms with Crippen molar-refractivity contribution < 1.29 is 9.84 Å². The zero-order valence-corrected chi connectivity index (χ0v) is 10.1. The lowest BCUT2D eigenvalue weighted by Gasteiger charge is -2.13. The van der Waals surface area contributed by atoms with Crippen LogP contribution in [0.5, 0.6) is 5.75 Å². The first-order valence-corrected chi connectivity index (χ1v) is 6.03. The molecule has 0 bridgehead atoms. The highest BCUT2D eigenvalue weighted by molar-refractivity contribution is 5.37. The first-order valence-electron chi connectivity index (χ1n) is 6.03. The molecule has 2 heteroatoms. The largest absolute Gasteiger partial charge is 0.496 e. The van der Waals surface area contributed by atoms with Crippen molar-refractivity contribution in [2.75, 3.05) is 7.11 Å². The zero-order chi connectivity index (χ0) is 11.5. The van der Waals surface area contributed by atoms with Crippen molar-refractivity contribution >= 4 is 0 Å². The summed E-state index contributed by atoms with van der Waals surface area (Å²) in [5.41, 5.74) is 2.09. The van der Waals surface area contributed by atoms with E-state index in [9.17, 15) is 5.11 Å². The van der Waals surface area contributed by atoms with Gasteiger partial charge in [0.25, 0.3) is 0 Å². The molecule has 0 saturated heterocycles. The highest BCUT2D eigenvalue weighted by Gasteiger charge is 2.22. The van der Waals surface area contributed by atoms with E-state index in [4.69, 9.17) is 4.74 Å². The maximum Gasteiger partial charge on any atom is 0.122 e. The van der Waals surface area contributed by atoms with Gasteiger partial charge in [0.15, 0.2) is 0 Å². The highest BCUT2D eigenvalue weighted by atomic mass is 16.5. The van der Waals surface area contributed by atoms with Gasteiger partial charge in [-0.2, -0.15) is 0 Å². The van der Waals surface area contributed by atoms with Crippen LogP contribution in [-0.2, 0) is 0 Å². The van der Waals surface area contributed by atoms with E-state index in [0.717, 1.165) is 35.6 Å². The molecule has 16 heavy (non-hydrogen) atoms. The Balaban J connectivity index is 2.00. The average molecular weight is 220 g/mol. The average Bonchev–Trinajstić information content (AvgIpc) is 3.10. The molecule has 88 valence electrons. The predicted octanol–water partition coefficient (Wildman–Crippen LogP) is 3.23. The summed E-state index contributed by atoms with van der Waals surface area (Å²) in [5.74, 6) is 1.74. The smallest absolute Gasteiger partial charge is 0.122 e. The normalized spacial score (nSPS) is 17.2. The monoisotopic (exact) mass is 220 g/mol. The Labute approximate surface area is 97.3 Å². The Hall–Kier alpha value is -1.02. The van der Waals surface area contributed by atoms with Crippen molar-refractivity contribution in [3.05, 3.63) is 29.3 Å². The fourth-order valence-corrected chi connectivity index (χ4v) is 2.01. The number of ether oxygens (including phenoxy) is 1. The van der Waals surface area contributed by atoms with Gasteiger partial charge in [0, 0.05) is 0 Å². The van der Waals surface area contributed by atoms with Crippen LogP contribution in [0.15, 0.2) is 18.2 Å². The quantitative estimate of drug-likeness (QED) is 0.825. The summed E-state index contributed by atoms with van der Waals surface area (Å²) in [6.07, 6.45) is 4.39. The van der Waals surface area contributed by atoms with Crippen molar-refractivity contribution in [3.8, 4) is 5.75 Å². The molecule has 0 heterocycles. The van der Waals surface area contributed by atoms with Crippen LogP contribution in [0.3, 0.4) is 0 Å². The molecule has 0 aromatic heterocycles. The van der Waals surface area contributed by atoms with Gasteiger partial charge in [-0.05, 0) is 42.9 Å². The Kier molecular flexibility index (Phi) is 3.49. The van der Waals surface area contributed by atoms with Gasteiger partial charge in [-0.1, -0.05) is 25.0 Å².